The summed E-state index contributed by atoms with van der Waals surface area (Å²) in [5.74, 6) is 1.86. The first-order chi connectivity index (χ1) is 27.7. The summed E-state index contributed by atoms with van der Waals surface area (Å²) >= 11 is 1.80. The van der Waals surface area contributed by atoms with E-state index >= 15 is 0 Å². The summed E-state index contributed by atoms with van der Waals surface area (Å²) in [6.07, 6.45) is 0. The highest BCUT2D eigenvalue weighted by molar-refractivity contribution is 7.26. The molecule has 0 aliphatic rings. The zero-order chi connectivity index (χ0) is 36.7. The largest absolute Gasteiger partial charge is 0.456 e. The van der Waals surface area contributed by atoms with Gasteiger partial charge in [-0.15, -0.1) is 11.3 Å². The summed E-state index contributed by atoms with van der Waals surface area (Å²) in [6.45, 7) is 0. The van der Waals surface area contributed by atoms with Crippen molar-refractivity contribution in [3.63, 3.8) is 0 Å². The van der Waals surface area contributed by atoms with Crippen LogP contribution in [0, 0.1) is 0 Å². The van der Waals surface area contributed by atoms with Crippen LogP contribution in [0.4, 0.5) is 0 Å². The lowest BCUT2D eigenvalue weighted by molar-refractivity contribution is 0.669. The summed E-state index contributed by atoms with van der Waals surface area (Å²) in [7, 11) is 0. The van der Waals surface area contributed by atoms with E-state index in [1.807, 2.05) is 42.5 Å². The fourth-order valence-electron chi connectivity index (χ4n) is 8.51. The van der Waals surface area contributed by atoms with E-state index in [0.29, 0.717) is 17.5 Å². The van der Waals surface area contributed by atoms with E-state index in [-0.39, 0.29) is 0 Å². The van der Waals surface area contributed by atoms with Gasteiger partial charge in [0.05, 0.1) is 0 Å². The minimum Gasteiger partial charge on any atom is -0.456 e. The number of benzene rings is 9. The lowest BCUT2D eigenvalue weighted by Crippen LogP contribution is -2.00. The van der Waals surface area contributed by atoms with E-state index in [2.05, 4.69) is 133 Å². The minimum atomic E-state index is 0.600. The number of rotatable bonds is 4. The lowest BCUT2D eigenvalue weighted by Gasteiger charge is -2.14. The van der Waals surface area contributed by atoms with Crippen molar-refractivity contribution in [3.05, 3.63) is 176 Å². The van der Waals surface area contributed by atoms with Gasteiger partial charge in [-0.25, -0.2) is 15.0 Å². The molecule has 4 nitrogen and oxygen atoms in total. The molecule has 0 fully saturated rings. The molecule has 0 saturated carbocycles. The first-order valence-electron chi connectivity index (χ1n) is 18.8. The average Bonchev–Trinajstić information content (AvgIpc) is 3.83. The molecule has 0 unspecified atom stereocenters. The molecule has 0 aliphatic carbocycles. The van der Waals surface area contributed by atoms with E-state index in [1.54, 1.807) is 11.3 Å². The molecule has 3 aromatic heterocycles. The van der Waals surface area contributed by atoms with Crippen LogP contribution in [-0.2, 0) is 0 Å². The lowest BCUT2D eigenvalue weighted by atomic mass is 9.89. The Balaban J connectivity index is 1.10. The Bertz CT molecular complexity index is 3550. The van der Waals surface area contributed by atoms with Gasteiger partial charge in [-0.1, -0.05) is 133 Å². The van der Waals surface area contributed by atoms with Crippen LogP contribution >= 0.6 is 11.3 Å². The monoisotopic (exact) mass is 731 g/mol. The molecule has 3 heterocycles. The predicted octanol–water partition coefficient (Wildman–Crippen LogP) is 14.3. The second-order valence-electron chi connectivity index (χ2n) is 14.3. The number of para-hydroxylation sites is 1. The Labute approximate surface area is 325 Å². The topological polar surface area (TPSA) is 51.8 Å². The van der Waals surface area contributed by atoms with E-state index in [9.17, 15) is 0 Å². The third kappa shape index (κ3) is 4.81. The van der Waals surface area contributed by atoms with Gasteiger partial charge in [0.2, 0.25) is 0 Å². The van der Waals surface area contributed by atoms with Crippen LogP contribution in [0.15, 0.2) is 180 Å². The quantitative estimate of drug-likeness (QED) is 0.134. The summed E-state index contributed by atoms with van der Waals surface area (Å²) < 4.78 is 8.70. The predicted molar refractivity (Wildman–Crippen MR) is 234 cm³/mol. The number of fused-ring (bicyclic) bond motifs is 10. The van der Waals surface area contributed by atoms with Crippen molar-refractivity contribution in [2.45, 2.75) is 0 Å². The van der Waals surface area contributed by atoms with Gasteiger partial charge >= 0.3 is 0 Å². The molecule has 0 saturated heterocycles. The first kappa shape index (κ1) is 31.2. The SMILES string of the molecule is c1ccc(-c2nc(-c3ccc4c(c3)oc3ccccc34)nc(-c3cccc4sc5ccc(-c6c7ccccc7cc7c6ccc6ccccc67)cc5c34)n2)cc1. The molecule has 5 heteroatoms. The van der Waals surface area contributed by atoms with Crippen LogP contribution in [0.25, 0.3) is 120 Å². The Morgan fingerprint density at radius 1 is 0.357 bits per heavy atom. The zero-order valence-corrected chi connectivity index (χ0v) is 30.7. The van der Waals surface area contributed by atoms with Gasteiger partial charge < -0.3 is 4.42 Å². The van der Waals surface area contributed by atoms with Crippen LogP contribution in [0.1, 0.15) is 0 Å². The molecule has 12 aromatic rings. The van der Waals surface area contributed by atoms with Crippen molar-refractivity contribution in [1.82, 2.24) is 15.0 Å². The highest BCUT2D eigenvalue weighted by Crippen LogP contribution is 2.45. The molecule has 0 bridgehead atoms. The Kier molecular flexibility index (Phi) is 6.76. The second-order valence-corrected chi connectivity index (χ2v) is 15.4. The molecular weight excluding hydrogens is 703 g/mol. The van der Waals surface area contributed by atoms with Crippen molar-refractivity contribution in [2.75, 3.05) is 0 Å². The highest BCUT2D eigenvalue weighted by Gasteiger charge is 2.20. The molecule has 9 aromatic carbocycles. The van der Waals surface area contributed by atoms with Crippen molar-refractivity contribution < 1.29 is 4.42 Å². The second kappa shape index (κ2) is 12.2. The van der Waals surface area contributed by atoms with E-state index in [0.717, 1.165) is 44.0 Å². The van der Waals surface area contributed by atoms with Gasteiger partial charge in [0.25, 0.3) is 0 Å². The molecule has 0 amide bonds. The molecule has 0 N–H and O–H groups in total. The molecule has 260 valence electrons. The van der Waals surface area contributed by atoms with Gasteiger partial charge in [-0.3, -0.25) is 0 Å². The van der Waals surface area contributed by atoms with Gasteiger partial charge in [0.1, 0.15) is 11.2 Å². The Hall–Kier alpha value is -7.21. The minimum absolute atomic E-state index is 0.600. The molecule has 0 spiro atoms. The van der Waals surface area contributed by atoms with Crippen molar-refractivity contribution in [3.8, 4) is 45.3 Å². The fourth-order valence-corrected chi connectivity index (χ4v) is 9.62. The molecule has 0 atom stereocenters. The van der Waals surface area contributed by atoms with E-state index < -0.39 is 0 Å². The van der Waals surface area contributed by atoms with Crippen molar-refractivity contribution in [1.29, 1.82) is 0 Å². The van der Waals surface area contributed by atoms with E-state index in [4.69, 9.17) is 19.4 Å². The Morgan fingerprint density at radius 2 is 1.05 bits per heavy atom. The highest BCUT2D eigenvalue weighted by atomic mass is 32.1. The molecule has 12 rings (SSSR count). The maximum atomic E-state index is 6.29. The van der Waals surface area contributed by atoms with Crippen molar-refractivity contribution >= 4 is 85.8 Å². The van der Waals surface area contributed by atoms with Gasteiger partial charge in [0.15, 0.2) is 17.5 Å². The summed E-state index contributed by atoms with van der Waals surface area (Å²) in [4.78, 5) is 15.5. The third-order valence-corrected chi connectivity index (χ3v) is 12.2. The number of hydrogen-bond donors (Lipinski definition) is 0. The van der Waals surface area contributed by atoms with E-state index in [1.165, 1.54) is 58.2 Å². The van der Waals surface area contributed by atoms with Gasteiger partial charge in [-0.2, -0.15) is 0 Å². The fraction of sp³-hybridized carbons (Fsp3) is 0. The third-order valence-electron chi connectivity index (χ3n) is 11.1. The molecule has 0 radical (unpaired) electrons. The number of nitrogens with zero attached hydrogens (tertiary/aromatic N) is 3. The maximum Gasteiger partial charge on any atom is 0.164 e. The van der Waals surface area contributed by atoms with Crippen LogP contribution in [-0.4, -0.2) is 15.0 Å². The smallest absolute Gasteiger partial charge is 0.164 e. The van der Waals surface area contributed by atoms with Gasteiger partial charge in [0, 0.05) is 47.6 Å². The number of thiophene rings is 1. The summed E-state index contributed by atoms with van der Waals surface area (Å²) in [5, 5.41) is 12.0. The standard InChI is InChI=1S/C51H29N3OS/c1-2-12-31(13-3-1)49-52-50(34-22-24-38-37-17-8-9-19-43(37)55-44(38)29-34)54-51(53-49)40-18-10-20-46-48(40)42-28-33(23-26-45(42)56-46)47-36-16-7-5-14-32(36)27-41-35-15-6-4-11-30(35)21-25-39(41)47/h1-29H. The molecule has 0 aliphatic heterocycles. The average molecular weight is 732 g/mol. The van der Waals surface area contributed by atoms with Crippen LogP contribution in [0.3, 0.4) is 0 Å². The zero-order valence-electron chi connectivity index (χ0n) is 29.9. The van der Waals surface area contributed by atoms with Crippen LogP contribution in [0.5, 0.6) is 0 Å². The number of hydrogen-bond acceptors (Lipinski definition) is 5. The normalized spacial score (nSPS) is 11.9. The summed E-state index contributed by atoms with van der Waals surface area (Å²) in [5.41, 5.74) is 6.88. The number of aromatic nitrogens is 3. The van der Waals surface area contributed by atoms with Crippen molar-refractivity contribution in [2.24, 2.45) is 0 Å². The molecular formula is C51H29N3OS. The summed E-state index contributed by atoms with van der Waals surface area (Å²) in [6, 6.07) is 62.3. The van der Waals surface area contributed by atoms with Crippen LogP contribution < -0.4 is 0 Å². The number of furan rings is 1. The van der Waals surface area contributed by atoms with Crippen LogP contribution in [0.2, 0.25) is 0 Å². The Morgan fingerprint density at radius 3 is 1.95 bits per heavy atom. The van der Waals surface area contributed by atoms with Gasteiger partial charge in [-0.05, 0) is 85.9 Å². The maximum absolute atomic E-state index is 6.29. The first-order valence-corrected chi connectivity index (χ1v) is 19.6. The molecule has 56 heavy (non-hydrogen) atoms.